The summed E-state index contributed by atoms with van der Waals surface area (Å²) < 4.78 is 2.44. The lowest BCUT2D eigenvalue weighted by atomic mass is 9.72. The zero-order valence-corrected chi connectivity index (χ0v) is 27.0. The summed E-state index contributed by atoms with van der Waals surface area (Å²) in [4.78, 5) is 2.40. The number of hydrogen-bond donors (Lipinski definition) is 0. The number of rotatable bonds is 3. The van der Waals surface area contributed by atoms with E-state index in [1.54, 1.807) is 0 Å². The van der Waals surface area contributed by atoms with Crippen molar-refractivity contribution in [1.82, 2.24) is 0 Å². The van der Waals surface area contributed by atoms with Crippen molar-refractivity contribution in [3.8, 4) is 0 Å². The van der Waals surface area contributed by atoms with Gasteiger partial charge in [0.05, 0.1) is 5.41 Å². The van der Waals surface area contributed by atoms with Crippen LogP contribution in [-0.2, 0) is 5.41 Å². The minimum atomic E-state index is -0.0598. The second kappa shape index (κ2) is 10.1. The fourth-order valence-electron chi connectivity index (χ4n) is 8.55. The van der Waals surface area contributed by atoms with Gasteiger partial charge < -0.3 is 4.90 Å². The van der Waals surface area contributed by atoms with E-state index in [0.717, 1.165) is 19.3 Å². The second-order valence-electron chi connectivity index (χ2n) is 14.0. The number of likely N-dealkylation sites (N-methyl/N-ethyl adjacent to an activating group) is 2. The predicted molar refractivity (Wildman–Crippen MR) is 184 cm³/mol. The standard InChI is InChI=1S/C41H45N2/c1-27-28(21-25-36-40(2,3)38-32-17-10-8-13-30(32)19-23-34(38)42(36)6)15-12-16-29(27)22-26-37-41(4,5)39-33-18-11-9-14-31(33)20-24-35(39)43(37)7/h8-11,13-14,17-19,21-26,31H,12,15-16,20H2,1-7H3/q+1. The highest BCUT2D eigenvalue weighted by molar-refractivity contribution is 6.01. The Kier molecular flexibility index (Phi) is 6.54. The topological polar surface area (TPSA) is 6.25 Å². The maximum atomic E-state index is 2.46. The Morgan fingerprint density at radius 1 is 0.930 bits per heavy atom. The number of benzene rings is 2. The summed E-state index contributed by atoms with van der Waals surface area (Å²) >= 11 is 0. The van der Waals surface area contributed by atoms with Crippen molar-refractivity contribution < 1.29 is 4.58 Å². The molecule has 2 nitrogen and oxygen atoms in total. The smallest absolute Gasteiger partial charge is 0.205 e. The molecule has 7 rings (SSSR count). The summed E-state index contributed by atoms with van der Waals surface area (Å²) in [6.45, 7) is 11.9. The van der Waals surface area contributed by atoms with E-state index in [2.05, 4.69) is 149 Å². The molecule has 43 heavy (non-hydrogen) atoms. The molecule has 218 valence electrons. The van der Waals surface area contributed by atoms with Crippen LogP contribution in [0, 0.1) is 11.3 Å². The maximum Gasteiger partial charge on any atom is 0.205 e. The molecule has 1 unspecified atom stereocenters. The first-order valence-corrected chi connectivity index (χ1v) is 16.1. The Balaban J connectivity index is 1.21. The normalized spacial score (nSPS) is 25.9. The van der Waals surface area contributed by atoms with Gasteiger partial charge in [-0.15, -0.1) is 0 Å². The van der Waals surface area contributed by atoms with E-state index in [-0.39, 0.29) is 10.8 Å². The van der Waals surface area contributed by atoms with Crippen LogP contribution in [0.15, 0.2) is 130 Å². The first-order chi connectivity index (χ1) is 20.6. The number of hydrogen-bond acceptors (Lipinski definition) is 1. The van der Waals surface area contributed by atoms with Gasteiger partial charge in [0.25, 0.3) is 0 Å². The van der Waals surface area contributed by atoms with Crippen LogP contribution in [-0.4, -0.2) is 24.4 Å². The van der Waals surface area contributed by atoms with Gasteiger partial charge in [-0.2, -0.15) is 4.58 Å². The lowest BCUT2D eigenvalue weighted by Crippen LogP contribution is -2.25. The third-order valence-corrected chi connectivity index (χ3v) is 10.9. The van der Waals surface area contributed by atoms with Crippen LogP contribution in [0.25, 0.3) is 10.8 Å². The van der Waals surface area contributed by atoms with Crippen molar-refractivity contribution in [2.45, 2.75) is 65.7 Å². The molecule has 1 atom stereocenters. The highest BCUT2D eigenvalue weighted by Crippen LogP contribution is 2.50. The van der Waals surface area contributed by atoms with E-state index < -0.39 is 0 Å². The van der Waals surface area contributed by atoms with Gasteiger partial charge in [0, 0.05) is 41.4 Å². The van der Waals surface area contributed by atoms with E-state index in [4.69, 9.17) is 0 Å². The lowest BCUT2D eigenvalue weighted by molar-refractivity contribution is -0.434. The number of fused-ring (bicyclic) bond motifs is 5. The van der Waals surface area contributed by atoms with Crippen molar-refractivity contribution in [3.05, 3.63) is 136 Å². The van der Waals surface area contributed by atoms with Crippen LogP contribution < -0.4 is 4.90 Å². The molecule has 0 aromatic heterocycles. The summed E-state index contributed by atoms with van der Waals surface area (Å²) in [5.74, 6) is 0.514. The monoisotopic (exact) mass is 565 g/mol. The molecule has 0 N–H and O–H groups in total. The van der Waals surface area contributed by atoms with E-state index >= 15 is 0 Å². The molecular weight excluding hydrogens is 520 g/mol. The fourth-order valence-corrected chi connectivity index (χ4v) is 8.55. The minimum absolute atomic E-state index is 0.0232. The molecule has 0 saturated carbocycles. The van der Waals surface area contributed by atoms with Gasteiger partial charge in [0.2, 0.25) is 5.70 Å². The first kappa shape index (κ1) is 27.9. The van der Waals surface area contributed by atoms with Gasteiger partial charge in [-0.05, 0) is 103 Å². The van der Waals surface area contributed by atoms with Crippen LogP contribution in [0.2, 0.25) is 0 Å². The quantitative estimate of drug-likeness (QED) is 0.336. The van der Waals surface area contributed by atoms with E-state index in [9.17, 15) is 0 Å². The molecule has 0 bridgehead atoms. The van der Waals surface area contributed by atoms with Gasteiger partial charge in [0.15, 0.2) is 5.71 Å². The van der Waals surface area contributed by atoms with Gasteiger partial charge >= 0.3 is 0 Å². The average molecular weight is 566 g/mol. The Morgan fingerprint density at radius 2 is 1.74 bits per heavy atom. The zero-order valence-electron chi connectivity index (χ0n) is 27.0. The molecule has 2 heterocycles. The van der Waals surface area contributed by atoms with Crippen LogP contribution in [0.3, 0.4) is 0 Å². The van der Waals surface area contributed by atoms with Crippen molar-refractivity contribution in [2.75, 3.05) is 19.0 Å². The molecule has 0 radical (unpaired) electrons. The molecule has 0 spiro atoms. The molecule has 5 aliphatic rings. The Bertz CT molecular complexity index is 1840. The fraction of sp³-hybridized carbons (Fsp3) is 0.341. The molecule has 0 amide bonds. The van der Waals surface area contributed by atoms with Crippen molar-refractivity contribution in [2.24, 2.45) is 11.3 Å². The average Bonchev–Trinajstić information content (AvgIpc) is 3.33. The summed E-state index contributed by atoms with van der Waals surface area (Å²) in [6.07, 6.45) is 25.8. The van der Waals surface area contributed by atoms with E-state index in [0.29, 0.717) is 5.92 Å². The van der Waals surface area contributed by atoms with Gasteiger partial charge in [-0.1, -0.05) is 80.6 Å². The Hall–Kier alpha value is -3.91. The van der Waals surface area contributed by atoms with Crippen LogP contribution >= 0.6 is 0 Å². The third kappa shape index (κ3) is 4.25. The summed E-state index contributed by atoms with van der Waals surface area (Å²) in [7, 11) is 4.48. The van der Waals surface area contributed by atoms with E-state index in [1.165, 1.54) is 73.4 Å². The highest BCUT2D eigenvalue weighted by Gasteiger charge is 2.49. The Labute approximate surface area is 258 Å². The largest absolute Gasteiger partial charge is 0.347 e. The molecule has 3 aliphatic carbocycles. The molecule has 2 aromatic rings. The van der Waals surface area contributed by atoms with E-state index in [1.807, 2.05) is 0 Å². The third-order valence-electron chi connectivity index (χ3n) is 10.9. The molecule has 0 fully saturated rings. The van der Waals surface area contributed by atoms with Crippen molar-refractivity contribution in [1.29, 1.82) is 0 Å². The van der Waals surface area contributed by atoms with Crippen molar-refractivity contribution in [3.63, 3.8) is 0 Å². The van der Waals surface area contributed by atoms with Gasteiger partial charge in [-0.3, -0.25) is 0 Å². The maximum absolute atomic E-state index is 2.46. The number of anilines is 1. The number of allylic oxidation sites excluding steroid dienone is 15. The molecule has 0 saturated heterocycles. The Morgan fingerprint density at radius 3 is 2.58 bits per heavy atom. The summed E-state index contributed by atoms with van der Waals surface area (Å²) in [5.41, 5.74) is 14.2. The van der Waals surface area contributed by atoms with Gasteiger partial charge in [-0.25, -0.2) is 0 Å². The zero-order chi connectivity index (χ0) is 30.1. The SMILES string of the molecule is CC1=C(/C=C/C2=[N+](C)C3=CCC4C=CC=CC4=C3C2(C)C)CCC/C1=C\C=C1\N(C)c2ccc3ccccc3c2C1(C)C. The first-order valence-electron chi connectivity index (χ1n) is 16.1. The molecule has 2 aliphatic heterocycles. The summed E-state index contributed by atoms with van der Waals surface area (Å²) in [5, 5.41) is 2.68. The van der Waals surface area contributed by atoms with Crippen molar-refractivity contribution >= 4 is 22.2 Å². The van der Waals surface area contributed by atoms with Crippen LogP contribution in [0.1, 0.15) is 65.9 Å². The van der Waals surface area contributed by atoms with Crippen LogP contribution in [0.4, 0.5) is 5.69 Å². The van der Waals surface area contributed by atoms with Crippen LogP contribution in [0.5, 0.6) is 0 Å². The second-order valence-corrected chi connectivity index (χ2v) is 14.0. The lowest BCUT2D eigenvalue weighted by Gasteiger charge is -2.27. The highest BCUT2D eigenvalue weighted by atomic mass is 15.2. The van der Waals surface area contributed by atoms with Gasteiger partial charge in [0.1, 0.15) is 7.05 Å². The summed E-state index contributed by atoms with van der Waals surface area (Å²) in [6, 6.07) is 13.4. The molecule has 2 heteroatoms. The molecular formula is C41H45N2+. The predicted octanol–water partition coefficient (Wildman–Crippen LogP) is 9.88. The molecule has 2 aromatic carbocycles. The number of nitrogens with zero attached hydrogens (tertiary/aromatic N) is 2. The minimum Gasteiger partial charge on any atom is -0.347 e.